The molecule has 278 valence electrons. The molecular weight excluding hydrogens is 697 g/mol. The Kier molecular flexibility index (Phi) is 9.23. The van der Waals surface area contributed by atoms with E-state index in [2.05, 4.69) is 25.1 Å². The normalized spacial score (nSPS) is 19.1. The second-order valence-corrected chi connectivity index (χ2v) is 16.7. The molecule has 1 saturated carbocycles. The molecule has 1 N–H and O–H groups in total. The summed E-state index contributed by atoms with van der Waals surface area (Å²) in [5.41, 5.74) is 1.34. The van der Waals surface area contributed by atoms with Crippen LogP contribution in [-0.2, 0) is 21.4 Å². The van der Waals surface area contributed by atoms with Gasteiger partial charge in [-0.2, -0.15) is 9.29 Å². The van der Waals surface area contributed by atoms with Crippen LogP contribution in [0.15, 0.2) is 35.5 Å². The lowest BCUT2D eigenvalue weighted by Crippen LogP contribution is -2.38. The number of carboxylic acids is 1. The topological polar surface area (TPSA) is 152 Å². The predicted octanol–water partition coefficient (Wildman–Crippen LogP) is 5.22. The van der Waals surface area contributed by atoms with Crippen molar-refractivity contribution in [1.82, 2.24) is 33.8 Å². The van der Waals surface area contributed by atoms with Gasteiger partial charge in [-0.25, -0.2) is 17.2 Å². The number of aryl methyl sites for hydroxylation is 3. The Morgan fingerprint density at radius 2 is 1.85 bits per heavy atom. The molecule has 6 heterocycles. The summed E-state index contributed by atoms with van der Waals surface area (Å²) in [6.45, 7) is 11.8. The zero-order valence-corrected chi connectivity index (χ0v) is 30.7. The molecule has 13 nitrogen and oxygen atoms in total. The maximum atomic E-state index is 14.4. The van der Waals surface area contributed by atoms with E-state index in [1.807, 2.05) is 6.92 Å². The summed E-state index contributed by atoms with van der Waals surface area (Å²) in [6.07, 6.45) is 3.83. The van der Waals surface area contributed by atoms with E-state index in [0.717, 1.165) is 19.6 Å². The average molecular weight is 740 g/mol. The van der Waals surface area contributed by atoms with E-state index in [1.54, 1.807) is 52.1 Å². The average Bonchev–Trinajstić information content (AvgIpc) is 3.44. The maximum absolute atomic E-state index is 14.4. The van der Waals surface area contributed by atoms with Gasteiger partial charge in [0.2, 0.25) is 27.6 Å². The SMILES string of the molecule is Cc1cnc(C(c2ccn3c(C(F)F)nnc3c2C)C(C)(C)C(=O)O)cc1CN1CC2(CC2)Oc2nc(OCCN3CCCC3)c(C)cc2S1(=O)=O. The van der Waals surface area contributed by atoms with Crippen molar-refractivity contribution < 1.29 is 36.6 Å². The first kappa shape index (κ1) is 36.1. The molecule has 1 aliphatic carbocycles. The monoisotopic (exact) mass is 739 g/mol. The van der Waals surface area contributed by atoms with Gasteiger partial charge in [-0.15, -0.1) is 10.2 Å². The third-order valence-corrected chi connectivity index (χ3v) is 12.5. The van der Waals surface area contributed by atoms with Gasteiger partial charge < -0.3 is 14.6 Å². The highest BCUT2D eigenvalue weighted by atomic mass is 32.2. The summed E-state index contributed by atoms with van der Waals surface area (Å²) < 4.78 is 71.1. The van der Waals surface area contributed by atoms with Crippen molar-refractivity contribution in [2.24, 2.45) is 5.41 Å². The van der Waals surface area contributed by atoms with Crippen LogP contribution in [0.3, 0.4) is 0 Å². The number of pyridine rings is 3. The van der Waals surface area contributed by atoms with Crippen LogP contribution in [0, 0.1) is 26.2 Å². The van der Waals surface area contributed by atoms with Crippen molar-refractivity contribution in [3.8, 4) is 11.8 Å². The van der Waals surface area contributed by atoms with E-state index in [9.17, 15) is 27.1 Å². The molecule has 16 heteroatoms. The van der Waals surface area contributed by atoms with Crippen molar-refractivity contribution in [1.29, 1.82) is 0 Å². The number of alkyl halides is 2. The van der Waals surface area contributed by atoms with Crippen LogP contribution in [0.1, 0.15) is 91.2 Å². The number of hydrogen-bond acceptors (Lipinski definition) is 10. The molecule has 0 bridgehead atoms. The van der Waals surface area contributed by atoms with Gasteiger partial charge in [0.05, 0.1) is 12.0 Å². The van der Waals surface area contributed by atoms with E-state index in [1.165, 1.54) is 27.7 Å². The molecule has 0 amide bonds. The molecule has 7 rings (SSSR count). The zero-order chi connectivity index (χ0) is 37.2. The van der Waals surface area contributed by atoms with Gasteiger partial charge in [-0.05, 0) is 114 Å². The van der Waals surface area contributed by atoms with Crippen molar-refractivity contribution >= 4 is 21.6 Å². The highest BCUT2D eigenvalue weighted by Crippen LogP contribution is 2.48. The Balaban J connectivity index is 1.23. The first-order chi connectivity index (χ1) is 24.6. The quantitative estimate of drug-likeness (QED) is 0.216. The number of sulfonamides is 1. The number of aliphatic carboxylic acids is 1. The fourth-order valence-corrected chi connectivity index (χ4v) is 8.91. The molecular formula is C36H43F2N7O6S. The third kappa shape index (κ3) is 6.49. The fourth-order valence-electron chi connectivity index (χ4n) is 7.28. The number of rotatable bonds is 11. The number of fused-ring (bicyclic) bond motifs is 2. The number of aromatic nitrogens is 5. The standard InChI is InChI=1S/C36H43F2N7O6S/c1-21-16-27-33(40-32(21)50-15-14-43-11-6-7-12-43)51-36(9-10-36)20-44(52(27,48)49)19-24-17-26(39-18-22(24)2)28(35(4,5)34(46)47)25-8-13-45-30(23(25)3)41-42-31(45)29(37)38/h8,13,16-18,28-29H,6-7,9-12,14-15,19-20H2,1-5H3,(H,46,47). The Hall–Kier alpha value is -4.28. The molecule has 1 saturated heterocycles. The van der Waals surface area contributed by atoms with E-state index >= 15 is 0 Å². The minimum Gasteiger partial charge on any atom is -0.481 e. The minimum atomic E-state index is -4.11. The minimum absolute atomic E-state index is 0.0263. The van der Waals surface area contributed by atoms with Crippen LogP contribution in [0.5, 0.6) is 11.8 Å². The molecule has 4 aromatic heterocycles. The first-order valence-electron chi connectivity index (χ1n) is 17.5. The van der Waals surface area contributed by atoms with Gasteiger partial charge in [0.1, 0.15) is 17.1 Å². The molecule has 2 fully saturated rings. The summed E-state index contributed by atoms with van der Waals surface area (Å²) >= 11 is 0. The summed E-state index contributed by atoms with van der Waals surface area (Å²) in [5.74, 6) is -2.09. The van der Waals surface area contributed by atoms with E-state index in [-0.39, 0.29) is 29.5 Å². The van der Waals surface area contributed by atoms with Gasteiger partial charge in [-0.1, -0.05) is 0 Å². The van der Waals surface area contributed by atoms with E-state index < -0.39 is 45.2 Å². The number of halogens is 2. The van der Waals surface area contributed by atoms with Gasteiger partial charge in [0.25, 0.3) is 6.43 Å². The molecule has 3 aliphatic rings. The smallest absolute Gasteiger partial charge is 0.310 e. The van der Waals surface area contributed by atoms with Gasteiger partial charge in [0.15, 0.2) is 5.65 Å². The first-order valence-corrected chi connectivity index (χ1v) is 18.9. The fraction of sp³-hybridized carbons (Fsp3) is 0.528. The van der Waals surface area contributed by atoms with Crippen molar-refractivity contribution in [3.05, 3.63) is 69.9 Å². The highest BCUT2D eigenvalue weighted by Gasteiger charge is 2.53. The lowest BCUT2D eigenvalue weighted by molar-refractivity contribution is -0.147. The summed E-state index contributed by atoms with van der Waals surface area (Å²) in [4.78, 5) is 24.3. The zero-order valence-electron chi connectivity index (χ0n) is 29.9. The molecule has 1 unspecified atom stereocenters. The number of carboxylic acid groups (broad SMARTS) is 1. The van der Waals surface area contributed by atoms with Crippen molar-refractivity contribution in [2.45, 2.75) is 89.7 Å². The van der Waals surface area contributed by atoms with Crippen LogP contribution < -0.4 is 9.47 Å². The lowest BCUT2D eigenvalue weighted by Gasteiger charge is -2.32. The molecule has 52 heavy (non-hydrogen) atoms. The molecule has 4 aromatic rings. The van der Waals surface area contributed by atoms with Crippen LogP contribution in [-0.4, -0.2) is 91.7 Å². The second-order valence-electron chi connectivity index (χ2n) is 14.8. The highest BCUT2D eigenvalue weighted by molar-refractivity contribution is 7.89. The summed E-state index contributed by atoms with van der Waals surface area (Å²) in [5, 5.41) is 18.1. The third-order valence-electron chi connectivity index (χ3n) is 10.7. The Bertz CT molecular complexity index is 2150. The van der Waals surface area contributed by atoms with Crippen molar-refractivity contribution in [2.75, 3.05) is 32.8 Å². The molecule has 0 aromatic carbocycles. The molecule has 2 aliphatic heterocycles. The largest absolute Gasteiger partial charge is 0.481 e. The van der Waals surface area contributed by atoms with Crippen LogP contribution in [0.4, 0.5) is 8.78 Å². The van der Waals surface area contributed by atoms with Gasteiger partial charge >= 0.3 is 5.97 Å². The van der Waals surface area contributed by atoms with E-state index in [4.69, 9.17) is 9.47 Å². The Morgan fingerprint density at radius 1 is 1.12 bits per heavy atom. The Labute approximate surface area is 301 Å². The number of carbonyl (C=O) groups is 1. The van der Waals surface area contributed by atoms with Crippen LogP contribution in [0.2, 0.25) is 0 Å². The van der Waals surface area contributed by atoms with E-state index in [0.29, 0.717) is 58.8 Å². The van der Waals surface area contributed by atoms with Crippen molar-refractivity contribution in [3.63, 3.8) is 0 Å². The molecule has 1 atom stereocenters. The second kappa shape index (κ2) is 13.3. The van der Waals surface area contributed by atoms with Crippen LogP contribution in [0.25, 0.3) is 5.65 Å². The maximum Gasteiger partial charge on any atom is 0.310 e. The summed E-state index contributed by atoms with van der Waals surface area (Å²) in [6, 6.07) is 4.90. The van der Waals surface area contributed by atoms with Crippen LogP contribution >= 0.6 is 0 Å². The number of ether oxygens (including phenoxy) is 2. The Morgan fingerprint density at radius 3 is 2.52 bits per heavy atom. The lowest BCUT2D eigenvalue weighted by atomic mass is 9.71. The molecule has 0 radical (unpaired) electrons. The van der Waals surface area contributed by atoms with Gasteiger partial charge in [-0.3, -0.25) is 19.1 Å². The van der Waals surface area contributed by atoms with Gasteiger partial charge in [0, 0.05) is 42.7 Å². The number of nitrogens with zero attached hydrogens (tertiary/aromatic N) is 7. The number of likely N-dealkylation sites (tertiary alicyclic amines) is 1. The number of hydrogen-bond donors (Lipinski definition) is 1. The predicted molar refractivity (Wildman–Crippen MR) is 185 cm³/mol. The molecule has 1 spiro atoms. The summed E-state index contributed by atoms with van der Waals surface area (Å²) in [7, 11) is -4.11.